The summed E-state index contributed by atoms with van der Waals surface area (Å²) in [5.41, 5.74) is 2.42. The summed E-state index contributed by atoms with van der Waals surface area (Å²) in [5, 5.41) is 0. The summed E-state index contributed by atoms with van der Waals surface area (Å²) in [4.78, 5) is 11.1. The van der Waals surface area contributed by atoms with Crippen LogP contribution in [0.5, 0.6) is 5.75 Å². The van der Waals surface area contributed by atoms with Crippen molar-refractivity contribution < 1.29 is 4.74 Å². The zero-order chi connectivity index (χ0) is 14.5. The van der Waals surface area contributed by atoms with Crippen LogP contribution >= 0.6 is 0 Å². The van der Waals surface area contributed by atoms with Gasteiger partial charge in [-0.15, -0.1) is 0 Å². The number of rotatable bonds is 5. The van der Waals surface area contributed by atoms with Gasteiger partial charge in [-0.05, 0) is 49.1 Å². The first-order valence-corrected chi connectivity index (χ1v) is 7.43. The molecule has 1 saturated heterocycles. The van der Waals surface area contributed by atoms with E-state index in [1.807, 2.05) is 18.5 Å². The van der Waals surface area contributed by atoms with E-state index in [1.54, 1.807) is 13.3 Å². The third kappa shape index (κ3) is 3.79. The number of hydrogen-bond donors (Lipinski definition) is 0. The van der Waals surface area contributed by atoms with Crippen LogP contribution in [0.1, 0.15) is 17.7 Å². The number of hydrogen-bond acceptors (Lipinski definition) is 4. The number of aromatic nitrogens is 2. The van der Waals surface area contributed by atoms with Gasteiger partial charge in [-0.2, -0.15) is 0 Å². The van der Waals surface area contributed by atoms with Gasteiger partial charge in [-0.3, -0.25) is 14.9 Å². The molecule has 1 atom stereocenters. The smallest absolute Gasteiger partial charge is 0.137 e. The topological polar surface area (TPSA) is 38.2 Å². The van der Waals surface area contributed by atoms with Gasteiger partial charge < -0.3 is 4.74 Å². The lowest BCUT2D eigenvalue weighted by Gasteiger charge is -2.16. The van der Waals surface area contributed by atoms with Crippen molar-refractivity contribution in [2.45, 2.75) is 19.4 Å². The first kappa shape index (κ1) is 14.0. The standard InChI is InChI=1S/C17H21N3O/c1-21-17-9-15(10-18-11-17)13-20-7-5-14(12-20)8-16-4-2-3-6-19-16/h2-4,6,9-11,14H,5,7-8,12-13H2,1H3. The van der Waals surface area contributed by atoms with E-state index < -0.39 is 0 Å². The Hall–Kier alpha value is -1.94. The highest BCUT2D eigenvalue weighted by Gasteiger charge is 2.23. The minimum Gasteiger partial charge on any atom is -0.495 e. The molecule has 2 aromatic heterocycles. The average molecular weight is 283 g/mol. The van der Waals surface area contributed by atoms with Gasteiger partial charge in [-0.1, -0.05) is 6.07 Å². The van der Waals surface area contributed by atoms with E-state index in [0.717, 1.165) is 31.8 Å². The molecule has 3 heterocycles. The van der Waals surface area contributed by atoms with Gasteiger partial charge in [0.2, 0.25) is 0 Å². The van der Waals surface area contributed by atoms with E-state index in [2.05, 4.69) is 33.1 Å². The van der Waals surface area contributed by atoms with E-state index in [4.69, 9.17) is 4.74 Å². The Labute approximate surface area is 125 Å². The Morgan fingerprint density at radius 3 is 3.10 bits per heavy atom. The first-order valence-electron chi connectivity index (χ1n) is 7.43. The second-order valence-corrected chi connectivity index (χ2v) is 5.65. The number of methoxy groups -OCH3 is 1. The Morgan fingerprint density at radius 2 is 2.29 bits per heavy atom. The summed E-state index contributed by atoms with van der Waals surface area (Å²) < 4.78 is 5.23. The van der Waals surface area contributed by atoms with Crippen molar-refractivity contribution in [1.29, 1.82) is 0 Å². The SMILES string of the molecule is COc1cncc(CN2CCC(Cc3ccccn3)C2)c1. The first-order chi connectivity index (χ1) is 10.3. The van der Waals surface area contributed by atoms with Crippen molar-refractivity contribution in [2.75, 3.05) is 20.2 Å². The molecule has 0 aromatic carbocycles. The maximum atomic E-state index is 5.23. The second kappa shape index (κ2) is 6.68. The molecule has 110 valence electrons. The van der Waals surface area contributed by atoms with Crippen molar-refractivity contribution >= 4 is 0 Å². The van der Waals surface area contributed by atoms with Crippen LogP contribution in [-0.4, -0.2) is 35.1 Å². The molecule has 0 aliphatic carbocycles. The van der Waals surface area contributed by atoms with E-state index in [9.17, 15) is 0 Å². The van der Waals surface area contributed by atoms with Crippen LogP contribution in [0.4, 0.5) is 0 Å². The quantitative estimate of drug-likeness (QED) is 0.845. The van der Waals surface area contributed by atoms with E-state index in [0.29, 0.717) is 5.92 Å². The molecule has 0 N–H and O–H groups in total. The Kier molecular flexibility index (Phi) is 4.46. The maximum Gasteiger partial charge on any atom is 0.137 e. The second-order valence-electron chi connectivity index (χ2n) is 5.65. The lowest BCUT2D eigenvalue weighted by atomic mass is 10.0. The molecule has 1 fully saturated rings. The third-order valence-corrected chi connectivity index (χ3v) is 4.01. The molecule has 4 nitrogen and oxygen atoms in total. The molecular weight excluding hydrogens is 262 g/mol. The van der Waals surface area contributed by atoms with Crippen LogP contribution < -0.4 is 4.74 Å². The molecule has 0 saturated carbocycles. The predicted molar refractivity (Wildman–Crippen MR) is 82.1 cm³/mol. The van der Waals surface area contributed by atoms with Gasteiger partial charge in [0.05, 0.1) is 13.3 Å². The number of likely N-dealkylation sites (tertiary alicyclic amines) is 1. The Bertz CT molecular complexity index is 573. The third-order valence-electron chi connectivity index (χ3n) is 4.01. The average Bonchev–Trinajstić information content (AvgIpc) is 2.95. The van der Waals surface area contributed by atoms with Crippen LogP contribution in [0.2, 0.25) is 0 Å². The van der Waals surface area contributed by atoms with Crippen molar-refractivity contribution in [3.05, 3.63) is 54.1 Å². The lowest BCUT2D eigenvalue weighted by molar-refractivity contribution is 0.314. The highest BCUT2D eigenvalue weighted by Crippen LogP contribution is 2.22. The molecule has 3 rings (SSSR count). The van der Waals surface area contributed by atoms with Gasteiger partial charge in [0.15, 0.2) is 0 Å². The molecule has 1 unspecified atom stereocenters. The zero-order valence-corrected chi connectivity index (χ0v) is 12.4. The molecule has 0 spiro atoms. The molecule has 0 bridgehead atoms. The molecule has 0 radical (unpaired) electrons. The molecule has 1 aliphatic heterocycles. The highest BCUT2D eigenvalue weighted by molar-refractivity contribution is 5.23. The molecule has 1 aliphatic rings. The molecule has 0 amide bonds. The Morgan fingerprint density at radius 1 is 1.33 bits per heavy atom. The predicted octanol–water partition coefficient (Wildman–Crippen LogP) is 2.55. The molecule has 2 aromatic rings. The zero-order valence-electron chi connectivity index (χ0n) is 12.4. The van der Waals surface area contributed by atoms with Gasteiger partial charge in [-0.25, -0.2) is 0 Å². The molecule has 21 heavy (non-hydrogen) atoms. The summed E-state index contributed by atoms with van der Waals surface area (Å²) in [6, 6.07) is 8.23. The van der Waals surface area contributed by atoms with Crippen molar-refractivity contribution in [3.63, 3.8) is 0 Å². The number of ether oxygens (including phenoxy) is 1. The van der Waals surface area contributed by atoms with Gasteiger partial charge in [0.1, 0.15) is 5.75 Å². The maximum absolute atomic E-state index is 5.23. The van der Waals surface area contributed by atoms with E-state index in [1.165, 1.54) is 17.7 Å². The monoisotopic (exact) mass is 283 g/mol. The fraction of sp³-hybridized carbons (Fsp3) is 0.412. The van der Waals surface area contributed by atoms with Gasteiger partial charge in [0.25, 0.3) is 0 Å². The van der Waals surface area contributed by atoms with Gasteiger partial charge >= 0.3 is 0 Å². The van der Waals surface area contributed by atoms with Crippen LogP contribution in [-0.2, 0) is 13.0 Å². The molecular formula is C17H21N3O. The Balaban J connectivity index is 1.54. The largest absolute Gasteiger partial charge is 0.495 e. The minimum absolute atomic E-state index is 0.707. The summed E-state index contributed by atoms with van der Waals surface area (Å²) in [5.74, 6) is 1.54. The van der Waals surface area contributed by atoms with Gasteiger partial charge in [0, 0.05) is 31.2 Å². The van der Waals surface area contributed by atoms with Crippen LogP contribution in [0.25, 0.3) is 0 Å². The van der Waals surface area contributed by atoms with Crippen molar-refractivity contribution in [1.82, 2.24) is 14.9 Å². The summed E-state index contributed by atoms with van der Waals surface area (Å²) in [6.45, 7) is 3.23. The van der Waals surface area contributed by atoms with E-state index in [-0.39, 0.29) is 0 Å². The lowest BCUT2D eigenvalue weighted by Crippen LogP contribution is -2.20. The normalized spacial score (nSPS) is 18.8. The van der Waals surface area contributed by atoms with Crippen LogP contribution in [0, 0.1) is 5.92 Å². The molecule has 4 heteroatoms. The fourth-order valence-electron chi connectivity index (χ4n) is 2.96. The minimum atomic E-state index is 0.707. The van der Waals surface area contributed by atoms with E-state index >= 15 is 0 Å². The summed E-state index contributed by atoms with van der Waals surface area (Å²) in [6.07, 6.45) is 7.87. The number of nitrogens with zero attached hydrogens (tertiary/aromatic N) is 3. The summed E-state index contributed by atoms with van der Waals surface area (Å²) in [7, 11) is 1.68. The van der Waals surface area contributed by atoms with Crippen molar-refractivity contribution in [2.24, 2.45) is 5.92 Å². The van der Waals surface area contributed by atoms with Crippen LogP contribution in [0.3, 0.4) is 0 Å². The summed E-state index contributed by atoms with van der Waals surface area (Å²) >= 11 is 0. The van der Waals surface area contributed by atoms with Crippen molar-refractivity contribution in [3.8, 4) is 5.75 Å². The van der Waals surface area contributed by atoms with Crippen LogP contribution in [0.15, 0.2) is 42.9 Å². The number of pyridine rings is 2. The highest BCUT2D eigenvalue weighted by atomic mass is 16.5. The fourth-order valence-corrected chi connectivity index (χ4v) is 2.96.